The summed E-state index contributed by atoms with van der Waals surface area (Å²) in [5.41, 5.74) is -1.02. The lowest BCUT2D eigenvalue weighted by Gasteiger charge is -2.17. The third-order valence-corrected chi connectivity index (χ3v) is 3.79. The van der Waals surface area contributed by atoms with Crippen LogP contribution in [0, 0.1) is 0 Å². The van der Waals surface area contributed by atoms with Crippen molar-refractivity contribution in [3.05, 3.63) is 46.6 Å². The fraction of sp³-hybridized carbons (Fsp3) is 0.400. The molecule has 0 unspecified atom stereocenters. The Labute approximate surface area is 135 Å². The predicted molar refractivity (Wildman–Crippen MR) is 80.0 cm³/mol. The number of hydrogen-bond acceptors (Lipinski definition) is 5. The average molecular weight is 340 g/mol. The van der Waals surface area contributed by atoms with E-state index in [1.54, 1.807) is 24.3 Å². The van der Waals surface area contributed by atoms with Gasteiger partial charge in [0.25, 0.3) is 5.56 Å². The fourth-order valence-corrected chi connectivity index (χ4v) is 2.51. The summed E-state index contributed by atoms with van der Waals surface area (Å²) < 4.78 is 44.6. The molecule has 0 saturated carbocycles. The van der Waals surface area contributed by atoms with Gasteiger partial charge < -0.3 is 14.2 Å². The summed E-state index contributed by atoms with van der Waals surface area (Å²) in [6, 6.07) is 2.13. The average Bonchev–Trinajstić information content (AvgIpc) is 2.98. The van der Waals surface area contributed by atoms with Crippen molar-refractivity contribution in [3.63, 3.8) is 0 Å². The van der Waals surface area contributed by atoms with E-state index in [1.807, 2.05) is 0 Å². The van der Waals surface area contributed by atoms with Gasteiger partial charge in [0, 0.05) is 44.7 Å². The highest BCUT2D eigenvalue weighted by atomic mass is 19.4. The Morgan fingerprint density at radius 1 is 1.29 bits per heavy atom. The highest BCUT2D eigenvalue weighted by Crippen LogP contribution is 2.29. The second kappa shape index (κ2) is 6.14. The summed E-state index contributed by atoms with van der Waals surface area (Å²) in [5.74, 6) is 0.468. The number of anilines is 1. The second-order valence-electron chi connectivity index (χ2n) is 5.52. The second-order valence-corrected chi connectivity index (χ2v) is 5.52. The van der Waals surface area contributed by atoms with E-state index in [2.05, 4.69) is 9.97 Å². The van der Waals surface area contributed by atoms with Gasteiger partial charge in [-0.25, -0.2) is 9.97 Å². The van der Waals surface area contributed by atoms with Gasteiger partial charge in [0.15, 0.2) is 5.82 Å². The van der Waals surface area contributed by atoms with E-state index in [0.717, 1.165) is 12.3 Å². The van der Waals surface area contributed by atoms with Crippen molar-refractivity contribution in [2.75, 3.05) is 18.0 Å². The number of aryl methyl sites for hydroxylation is 1. The molecule has 0 radical (unpaired) electrons. The summed E-state index contributed by atoms with van der Waals surface area (Å²) in [7, 11) is 1.64. The van der Waals surface area contributed by atoms with E-state index in [1.165, 1.54) is 10.6 Å². The molecule has 1 saturated heterocycles. The van der Waals surface area contributed by atoms with Crippen molar-refractivity contribution in [1.82, 2.24) is 14.5 Å². The van der Waals surface area contributed by atoms with Crippen LogP contribution in [0.25, 0.3) is 0 Å². The molecule has 6 nitrogen and oxygen atoms in total. The van der Waals surface area contributed by atoms with Crippen molar-refractivity contribution >= 4 is 5.82 Å². The Morgan fingerprint density at radius 3 is 2.75 bits per heavy atom. The molecule has 0 N–H and O–H groups in total. The molecule has 2 aromatic rings. The van der Waals surface area contributed by atoms with E-state index in [9.17, 15) is 18.0 Å². The number of alkyl halides is 3. The number of halogens is 3. The van der Waals surface area contributed by atoms with Crippen LogP contribution >= 0.6 is 0 Å². The first-order valence-electron chi connectivity index (χ1n) is 7.31. The normalized spacial score (nSPS) is 18.0. The van der Waals surface area contributed by atoms with Gasteiger partial charge in [-0.1, -0.05) is 0 Å². The van der Waals surface area contributed by atoms with Gasteiger partial charge in [0.2, 0.25) is 5.88 Å². The van der Waals surface area contributed by atoms with Crippen LogP contribution in [0.15, 0.2) is 35.5 Å². The lowest BCUT2D eigenvalue weighted by molar-refractivity contribution is -0.137. The van der Waals surface area contributed by atoms with Gasteiger partial charge in [-0.05, 0) is 6.07 Å². The Hall–Kier alpha value is -2.58. The minimum Gasteiger partial charge on any atom is -0.472 e. The van der Waals surface area contributed by atoms with Gasteiger partial charge >= 0.3 is 6.18 Å². The third-order valence-electron chi connectivity index (χ3n) is 3.79. The van der Waals surface area contributed by atoms with Crippen molar-refractivity contribution in [2.45, 2.75) is 18.7 Å². The van der Waals surface area contributed by atoms with Gasteiger partial charge in [-0.3, -0.25) is 4.79 Å². The van der Waals surface area contributed by atoms with Crippen molar-refractivity contribution in [1.29, 1.82) is 0 Å². The van der Waals surface area contributed by atoms with Crippen molar-refractivity contribution < 1.29 is 17.9 Å². The zero-order valence-electron chi connectivity index (χ0n) is 12.8. The highest BCUT2D eigenvalue weighted by Gasteiger charge is 2.31. The molecule has 1 aliphatic rings. The van der Waals surface area contributed by atoms with E-state index in [0.29, 0.717) is 25.3 Å². The van der Waals surface area contributed by atoms with Crippen LogP contribution in [0.1, 0.15) is 12.0 Å². The summed E-state index contributed by atoms with van der Waals surface area (Å²) >= 11 is 0. The summed E-state index contributed by atoms with van der Waals surface area (Å²) in [4.78, 5) is 21.6. The minimum absolute atomic E-state index is 0.128. The maximum Gasteiger partial charge on any atom is 0.417 e. The maximum atomic E-state index is 12.5. The lowest BCUT2D eigenvalue weighted by atomic mass is 10.3. The smallest absolute Gasteiger partial charge is 0.417 e. The molecular weight excluding hydrogens is 325 g/mol. The first-order valence-corrected chi connectivity index (χ1v) is 7.31. The Bertz CT molecular complexity index is 774. The fourth-order valence-electron chi connectivity index (χ4n) is 2.51. The predicted octanol–water partition coefficient (Wildman–Crippen LogP) is 1.85. The van der Waals surface area contributed by atoms with Crippen molar-refractivity contribution in [3.8, 4) is 5.88 Å². The summed E-state index contributed by atoms with van der Waals surface area (Å²) in [6.45, 7) is 1.01. The standard InChI is InChI=1S/C15H15F3N4O2/c1-21-7-5-19-13(14(21)23)22-6-4-11(9-22)24-12-3-2-10(8-20-12)15(16,17)18/h2-3,5,7-8,11H,4,6,9H2,1H3/t11-/m1/s1. The third kappa shape index (κ3) is 3.34. The number of ether oxygens (including phenoxy) is 1. The largest absolute Gasteiger partial charge is 0.472 e. The van der Waals surface area contributed by atoms with Crippen molar-refractivity contribution in [2.24, 2.45) is 7.05 Å². The number of rotatable bonds is 3. The molecular formula is C15H15F3N4O2. The quantitative estimate of drug-likeness (QED) is 0.853. The molecule has 0 aromatic carbocycles. The first kappa shape index (κ1) is 16.3. The lowest BCUT2D eigenvalue weighted by Crippen LogP contribution is -2.32. The van der Waals surface area contributed by atoms with Crippen LogP contribution in [0.5, 0.6) is 5.88 Å². The van der Waals surface area contributed by atoms with Crippen LogP contribution in [-0.4, -0.2) is 33.7 Å². The molecule has 1 fully saturated rings. The van der Waals surface area contributed by atoms with Gasteiger partial charge in [0.1, 0.15) is 6.10 Å². The molecule has 0 spiro atoms. The number of nitrogens with zero attached hydrogens (tertiary/aromatic N) is 4. The van der Waals surface area contributed by atoms with E-state index in [-0.39, 0.29) is 17.5 Å². The summed E-state index contributed by atoms with van der Waals surface area (Å²) in [6.07, 6.45) is -0.196. The molecule has 128 valence electrons. The maximum absolute atomic E-state index is 12.5. The van der Waals surface area contributed by atoms with Gasteiger partial charge in [-0.15, -0.1) is 0 Å². The van der Waals surface area contributed by atoms with Gasteiger partial charge in [-0.2, -0.15) is 13.2 Å². The molecule has 24 heavy (non-hydrogen) atoms. The van der Waals surface area contributed by atoms with E-state index >= 15 is 0 Å². The topological polar surface area (TPSA) is 60.3 Å². The monoisotopic (exact) mass is 340 g/mol. The highest BCUT2D eigenvalue weighted by molar-refractivity contribution is 5.37. The molecule has 3 heterocycles. The molecule has 0 bridgehead atoms. The molecule has 0 amide bonds. The van der Waals surface area contributed by atoms with Crippen LogP contribution < -0.4 is 15.2 Å². The van der Waals surface area contributed by atoms with E-state index in [4.69, 9.17) is 4.74 Å². The van der Waals surface area contributed by atoms with E-state index < -0.39 is 11.7 Å². The Balaban J connectivity index is 1.66. The van der Waals surface area contributed by atoms with Gasteiger partial charge in [0.05, 0.1) is 12.1 Å². The zero-order chi connectivity index (χ0) is 17.3. The molecule has 1 aliphatic heterocycles. The molecule has 1 atom stereocenters. The number of pyridine rings is 1. The zero-order valence-corrected chi connectivity index (χ0v) is 12.8. The SMILES string of the molecule is Cn1ccnc(N2CC[C@@H](Oc3ccc(C(F)(F)F)cn3)C2)c1=O. The molecule has 9 heteroatoms. The Kier molecular flexibility index (Phi) is 4.16. The van der Waals surface area contributed by atoms with Crippen LogP contribution in [0.3, 0.4) is 0 Å². The minimum atomic E-state index is -4.42. The van der Waals surface area contributed by atoms with Crippen LogP contribution in [0.4, 0.5) is 19.0 Å². The first-order chi connectivity index (χ1) is 11.3. The van der Waals surface area contributed by atoms with Crippen LogP contribution in [0.2, 0.25) is 0 Å². The van der Waals surface area contributed by atoms with Crippen LogP contribution in [-0.2, 0) is 13.2 Å². The summed E-state index contributed by atoms with van der Waals surface area (Å²) in [5, 5.41) is 0. The number of aromatic nitrogens is 3. The molecule has 2 aromatic heterocycles. The molecule has 0 aliphatic carbocycles. The Morgan fingerprint density at radius 2 is 2.08 bits per heavy atom. The number of hydrogen-bond donors (Lipinski definition) is 0. The molecule has 3 rings (SSSR count).